The lowest BCUT2D eigenvalue weighted by molar-refractivity contribution is 0.0909. The van der Waals surface area contributed by atoms with Gasteiger partial charge in [0.1, 0.15) is 7.11 Å². The molecule has 1 heterocycles. The van der Waals surface area contributed by atoms with E-state index in [1.165, 1.54) is 12.7 Å². The number of hydrogen-bond acceptors (Lipinski definition) is 4. The Bertz CT molecular complexity index is 767. The van der Waals surface area contributed by atoms with Crippen LogP contribution in [0.4, 0.5) is 0 Å². The Morgan fingerprint density at radius 2 is 1.85 bits per heavy atom. The Hall–Kier alpha value is -2.37. The van der Waals surface area contributed by atoms with E-state index >= 15 is 0 Å². The molecule has 0 radical (unpaired) electrons. The molecule has 0 atom stereocenters. The number of nitrogens with one attached hydrogen (secondary N) is 1. The molecule has 0 unspecified atom stereocenters. The number of oxime groups is 1. The lowest BCUT2D eigenvalue weighted by Crippen LogP contribution is -2.44. The highest BCUT2D eigenvalue weighted by Gasteiger charge is 2.21. The monoisotopic (exact) mass is 385 g/mol. The van der Waals surface area contributed by atoms with Crippen molar-refractivity contribution in [2.45, 2.75) is 25.4 Å². The van der Waals surface area contributed by atoms with E-state index in [4.69, 9.17) is 11.6 Å². The molecule has 1 N–H and O–H groups in total. The first-order chi connectivity index (χ1) is 13.1. The Labute approximate surface area is 165 Å². The lowest BCUT2D eigenvalue weighted by Gasteiger charge is -2.32. The summed E-state index contributed by atoms with van der Waals surface area (Å²) < 4.78 is 0. The minimum absolute atomic E-state index is 0.0265. The van der Waals surface area contributed by atoms with Gasteiger partial charge in [-0.05, 0) is 48.2 Å². The average Bonchev–Trinajstić information content (AvgIpc) is 2.70. The van der Waals surface area contributed by atoms with E-state index in [0.717, 1.165) is 43.1 Å². The van der Waals surface area contributed by atoms with Crippen LogP contribution in [0.3, 0.4) is 0 Å². The van der Waals surface area contributed by atoms with E-state index in [-0.39, 0.29) is 11.9 Å². The first-order valence-corrected chi connectivity index (χ1v) is 9.46. The van der Waals surface area contributed by atoms with Gasteiger partial charge >= 0.3 is 0 Å². The third kappa shape index (κ3) is 5.81. The van der Waals surface area contributed by atoms with E-state index in [2.05, 4.69) is 32.3 Å². The molecule has 2 aromatic rings. The van der Waals surface area contributed by atoms with Crippen molar-refractivity contribution in [1.29, 1.82) is 0 Å². The smallest absolute Gasteiger partial charge is 0.251 e. The molecule has 1 amide bonds. The summed E-state index contributed by atoms with van der Waals surface area (Å²) in [4.78, 5) is 19.5. The highest BCUT2D eigenvalue weighted by molar-refractivity contribution is 6.30. The molecule has 0 spiro atoms. The van der Waals surface area contributed by atoms with Gasteiger partial charge < -0.3 is 10.2 Å². The Morgan fingerprint density at radius 1 is 1.19 bits per heavy atom. The van der Waals surface area contributed by atoms with E-state index in [9.17, 15) is 4.79 Å². The zero-order chi connectivity index (χ0) is 19.1. The number of benzene rings is 2. The fourth-order valence-electron chi connectivity index (χ4n) is 3.19. The summed E-state index contributed by atoms with van der Waals surface area (Å²) in [6.45, 7) is 2.86. The van der Waals surface area contributed by atoms with Crippen LogP contribution in [0.15, 0.2) is 53.7 Å². The van der Waals surface area contributed by atoms with Gasteiger partial charge in [0, 0.05) is 36.3 Å². The average molecular weight is 386 g/mol. The van der Waals surface area contributed by atoms with Crippen molar-refractivity contribution in [3.05, 3.63) is 70.2 Å². The fourth-order valence-corrected chi connectivity index (χ4v) is 3.31. The van der Waals surface area contributed by atoms with E-state index in [0.29, 0.717) is 5.56 Å². The van der Waals surface area contributed by atoms with Crippen LogP contribution in [0.5, 0.6) is 0 Å². The van der Waals surface area contributed by atoms with E-state index < -0.39 is 0 Å². The molecule has 3 rings (SSSR count). The van der Waals surface area contributed by atoms with Crippen molar-refractivity contribution in [3.63, 3.8) is 0 Å². The molecule has 0 aliphatic carbocycles. The molecular formula is C21H24ClN3O2. The van der Waals surface area contributed by atoms with Crippen LogP contribution in [0.2, 0.25) is 5.02 Å². The summed E-state index contributed by atoms with van der Waals surface area (Å²) in [6.07, 6.45) is 3.52. The molecule has 0 aromatic heterocycles. The van der Waals surface area contributed by atoms with Crippen molar-refractivity contribution in [3.8, 4) is 0 Å². The fraction of sp³-hybridized carbons (Fsp3) is 0.333. The summed E-state index contributed by atoms with van der Waals surface area (Å²) in [7, 11) is 1.50. The van der Waals surface area contributed by atoms with Crippen molar-refractivity contribution < 1.29 is 9.63 Å². The van der Waals surface area contributed by atoms with Gasteiger partial charge in [-0.2, -0.15) is 0 Å². The summed E-state index contributed by atoms with van der Waals surface area (Å²) in [6, 6.07) is 15.5. The van der Waals surface area contributed by atoms with Crippen molar-refractivity contribution in [1.82, 2.24) is 10.2 Å². The molecule has 5 nitrogen and oxygen atoms in total. The van der Waals surface area contributed by atoms with Crippen molar-refractivity contribution in [2.24, 2.45) is 5.16 Å². The number of rotatable bonds is 6. The van der Waals surface area contributed by atoms with Gasteiger partial charge in [-0.1, -0.05) is 41.0 Å². The van der Waals surface area contributed by atoms with Gasteiger partial charge in [0.2, 0.25) is 0 Å². The number of carbonyl (C=O) groups excluding carboxylic acids is 1. The molecule has 27 heavy (non-hydrogen) atoms. The predicted molar refractivity (Wildman–Crippen MR) is 108 cm³/mol. The van der Waals surface area contributed by atoms with Crippen LogP contribution in [0.25, 0.3) is 0 Å². The summed E-state index contributed by atoms with van der Waals surface area (Å²) in [5, 5.41) is 7.63. The van der Waals surface area contributed by atoms with Crippen LogP contribution in [-0.2, 0) is 11.4 Å². The molecule has 142 valence electrons. The summed E-state index contributed by atoms with van der Waals surface area (Å²) in [5.41, 5.74) is 2.82. The zero-order valence-corrected chi connectivity index (χ0v) is 16.2. The van der Waals surface area contributed by atoms with Crippen LogP contribution >= 0.6 is 11.6 Å². The van der Waals surface area contributed by atoms with Crippen molar-refractivity contribution in [2.75, 3.05) is 20.2 Å². The maximum atomic E-state index is 12.4. The molecular weight excluding hydrogens is 362 g/mol. The van der Waals surface area contributed by atoms with E-state index in [1.54, 1.807) is 6.21 Å². The molecule has 2 aromatic carbocycles. The first kappa shape index (κ1) is 19.4. The zero-order valence-electron chi connectivity index (χ0n) is 15.4. The topological polar surface area (TPSA) is 53.9 Å². The number of halogens is 1. The highest BCUT2D eigenvalue weighted by Crippen LogP contribution is 2.16. The highest BCUT2D eigenvalue weighted by atomic mass is 35.5. The van der Waals surface area contributed by atoms with Crippen LogP contribution in [0, 0.1) is 0 Å². The largest absolute Gasteiger partial charge is 0.399 e. The summed E-state index contributed by atoms with van der Waals surface area (Å²) >= 11 is 5.94. The molecule has 0 bridgehead atoms. The number of likely N-dealkylation sites (tertiary alicyclic amines) is 1. The number of piperidine rings is 1. The minimum Gasteiger partial charge on any atom is -0.399 e. The van der Waals surface area contributed by atoms with Gasteiger partial charge in [0.25, 0.3) is 5.91 Å². The second-order valence-corrected chi connectivity index (χ2v) is 7.13. The molecule has 0 saturated carbocycles. The number of amides is 1. The van der Waals surface area contributed by atoms with Gasteiger partial charge in [0.15, 0.2) is 0 Å². The molecule has 1 aliphatic rings. The van der Waals surface area contributed by atoms with Crippen LogP contribution < -0.4 is 5.32 Å². The standard InChI is InChI=1S/C21H24ClN3O2/c1-27-23-14-16-2-6-18(7-3-16)21(26)24-20-10-12-25(13-11-20)15-17-4-8-19(22)9-5-17/h2-9,14,20H,10-13,15H2,1H3,(H,24,26)/b23-14+. The molecule has 1 aliphatic heterocycles. The van der Waals surface area contributed by atoms with Gasteiger partial charge in [0.05, 0.1) is 6.21 Å². The van der Waals surface area contributed by atoms with Crippen molar-refractivity contribution >= 4 is 23.7 Å². The second kappa shape index (κ2) is 9.53. The normalized spacial score (nSPS) is 15.8. The molecule has 1 fully saturated rings. The number of carbonyl (C=O) groups is 1. The second-order valence-electron chi connectivity index (χ2n) is 6.69. The minimum atomic E-state index is -0.0265. The number of nitrogens with zero attached hydrogens (tertiary/aromatic N) is 2. The Morgan fingerprint density at radius 3 is 2.48 bits per heavy atom. The predicted octanol–water partition coefficient (Wildman–Crippen LogP) is 3.71. The van der Waals surface area contributed by atoms with Gasteiger partial charge in [-0.25, -0.2) is 0 Å². The third-order valence-electron chi connectivity index (χ3n) is 4.72. The van der Waals surface area contributed by atoms with E-state index in [1.807, 2.05) is 36.4 Å². The van der Waals surface area contributed by atoms with Gasteiger partial charge in [-0.15, -0.1) is 0 Å². The molecule has 1 saturated heterocycles. The summed E-state index contributed by atoms with van der Waals surface area (Å²) in [5.74, 6) is -0.0265. The SMILES string of the molecule is CO/N=C/c1ccc(C(=O)NC2CCN(Cc3ccc(Cl)cc3)CC2)cc1. The Kier molecular flexibility index (Phi) is 6.85. The Balaban J connectivity index is 1.46. The molecule has 6 heteroatoms. The third-order valence-corrected chi connectivity index (χ3v) is 4.97. The lowest BCUT2D eigenvalue weighted by atomic mass is 10.0. The first-order valence-electron chi connectivity index (χ1n) is 9.08. The van der Waals surface area contributed by atoms with Gasteiger partial charge in [-0.3, -0.25) is 9.69 Å². The quantitative estimate of drug-likeness (QED) is 0.609. The maximum absolute atomic E-state index is 12.4. The van der Waals surface area contributed by atoms with Crippen LogP contribution in [-0.4, -0.2) is 43.3 Å². The number of hydrogen-bond donors (Lipinski definition) is 1. The maximum Gasteiger partial charge on any atom is 0.251 e. The van der Waals surface area contributed by atoms with Crippen LogP contribution in [0.1, 0.15) is 34.3 Å².